The van der Waals surface area contributed by atoms with Crippen LogP contribution in [-0.2, 0) is 15.9 Å². The summed E-state index contributed by atoms with van der Waals surface area (Å²) in [5.41, 5.74) is -0.465. The summed E-state index contributed by atoms with van der Waals surface area (Å²) in [5.74, 6) is 1.11. The van der Waals surface area contributed by atoms with Crippen molar-refractivity contribution in [3.8, 4) is 0 Å². The van der Waals surface area contributed by atoms with Gasteiger partial charge in [0.2, 0.25) is 0 Å². The van der Waals surface area contributed by atoms with Crippen molar-refractivity contribution in [3.63, 3.8) is 0 Å². The predicted octanol–water partition coefficient (Wildman–Crippen LogP) is 0.642. The summed E-state index contributed by atoms with van der Waals surface area (Å²) < 4.78 is 15.7. The maximum absolute atomic E-state index is 11.1. The topological polar surface area (TPSA) is 61.4 Å². The van der Waals surface area contributed by atoms with Crippen molar-refractivity contribution in [2.24, 2.45) is 0 Å². The third-order valence-electron chi connectivity index (χ3n) is 1.50. The van der Waals surface area contributed by atoms with Crippen molar-refractivity contribution in [1.29, 1.82) is 0 Å². The Morgan fingerprint density at radius 3 is 2.46 bits per heavy atom. The Morgan fingerprint density at radius 1 is 1.54 bits per heavy atom. The van der Waals surface area contributed by atoms with E-state index in [-0.39, 0.29) is 6.04 Å². The van der Waals surface area contributed by atoms with Gasteiger partial charge in [0, 0.05) is 0 Å². The largest absolute Gasteiger partial charge is 0.616 e. The minimum atomic E-state index is -0.732. The van der Waals surface area contributed by atoms with Crippen LogP contribution in [0.1, 0.15) is 20.8 Å². The molecule has 13 heavy (non-hydrogen) atoms. The number of rotatable bonds is 1. The van der Waals surface area contributed by atoms with E-state index in [1.54, 1.807) is 0 Å². The number of alkyl carbamates (subject to hydrolysis) is 1. The molecule has 1 fully saturated rings. The van der Waals surface area contributed by atoms with Crippen LogP contribution >= 0.6 is 0 Å². The zero-order valence-electron chi connectivity index (χ0n) is 8.12. The lowest BCUT2D eigenvalue weighted by Crippen LogP contribution is -2.53. The van der Waals surface area contributed by atoms with Gasteiger partial charge >= 0.3 is 6.09 Å². The first-order valence-electron chi connectivity index (χ1n) is 4.21. The Bertz CT molecular complexity index is 196. The minimum Gasteiger partial charge on any atom is -0.616 e. The molecule has 0 radical (unpaired) electrons. The van der Waals surface area contributed by atoms with Crippen LogP contribution in [0.4, 0.5) is 4.79 Å². The van der Waals surface area contributed by atoms with Crippen LogP contribution in [0, 0.1) is 0 Å². The third-order valence-corrected chi connectivity index (χ3v) is 3.04. The molecule has 0 aromatic carbocycles. The molecule has 1 N–H and O–H groups in total. The summed E-state index contributed by atoms with van der Waals surface area (Å²) in [6.07, 6.45) is -0.422. The van der Waals surface area contributed by atoms with Crippen LogP contribution in [0.5, 0.6) is 0 Å². The zero-order valence-corrected chi connectivity index (χ0v) is 8.94. The van der Waals surface area contributed by atoms with E-state index >= 15 is 0 Å². The highest BCUT2D eigenvalue weighted by molar-refractivity contribution is 7.92. The van der Waals surface area contributed by atoms with Crippen LogP contribution in [0.15, 0.2) is 0 Å². The molecule has 1 heterocycles. The molecule has 5 heteroatoms. The van der Waals surface area contributed by atoms with E-state index in [1.165, 1.54) is 0 Å². The van der Waals surface area contributed by atoms with Gasteiger partial charge in [0.25, 0.3) is 0 Å². The number of nitrogens with one attached hydrogen (secondary N) is 1. The van der Waals surface area contributed by atoms with E-state index in [4.69, 9.17) is 4.74 Å². The highest BCUT2D eigenvalue weighted by Gasteiger charge is 2.34. The summed E-state index contributed by atoms with van der Waals surface area (Å²) >= 11 is -0.732. The van der Waals surface area contributed by atoms with E-state index in [0.29, 0.717) is 11.5 Å². The second kappa shape index (κ2) is 3.75. The van der Waals surface area contributed by atoms with Gasteiger partial charge in [0.1, 0.15) is 23.1 Å². The van der Waals surface area contributed by atoms with Crippen molar-refractivity contribution >= 4 is 17.3 Å². The van der Waals surface area contributed by atoms with Gasteiger partial charge in [-0.3, -0.25) is 0 Å². The highest BCUT2D eigenvalue weighted by Crippen LogP contribution is 2.12. The molecule has 1 saturated heterocycles. The maximum atomic E-state index is 11.1. The van der Waals surface area contributed by atoms with Gasteiger partial charge < -0.3 is 14.6 Å². The number of amides is 1. The van der Waals surface area contributed by atoms with E-state index in [2.05, 4.69) is 5.32 Å². The molecule has 76 valence electrons. The Labute approximate surface area is 81.2 Å². The second-order valence-electron chi connectivity index (χ2n) is 4.12. The average Bonchev–Trinajstić information content (AvgIpc) is 1.79. The Morgan fingerprint density at radius 2 is 2.08 bits per heavy atom. The first-order chi connectivity index (χ1) is 5.87. The maximum Gasteiger partial charge on any atom is 0.408 e. The second-order valence-corrected chi connectivity index (χ2v) is 5.66. The molecule has 0 aliphatic carbocycles. The summed E-state index contributed by atoms with van der Waals surface area (Å²) in [6.45, 7) is 5.43. The van der Waals surface area contributed by atoms with Crippen LogP contribution in [0.2, 0.25) is 0 Å². The molecule has 0 atom stereocenters. The molecule has 0 aromatic rings. The molecule has 1 rings (SSSR count). The lowest BCUT2D eigenvalue weighted by atomic mass is 10.2. The van der Waals surface area contributed by atoms with E-state index in [9.17, 15) is 9.35 Å². The van der Waals surface area contributed by atoms with E-state index < -0.39 is 22.9 Å². The lowest BCUT2D eigenvalue weighted by Gasteiger charge is -2.30. The number of ether oxygens (including phenoxy) is 1. The first kappa shape index (κ1) is 10.7. The summed E-state index contributed by atoms with van der Waals surface area (Å²) in [7, 11) is 0. The molecular weight excluding hydrogens is 190 g/mol. The number of hydrogen-bond donors (Lipinski definition) is 1. The molecular formula is C8H15NO3S. The molecule has 1 amide bonds. The Balaban J connectivity index is 2.19. The van der Waals surface area contributed by atoms with Crippen molar-refractivity contribution in [1.82, 2.24) is 5.32 Å². The van der Waals surface area contributed by atoms with Crippen molar-refractivity contribution in [2.75, 3.05) is 11.5 Å². The fraction of sp³-hybridized carbons (Fsp3) is 0.875. The van der Waals surface area contributed by atoms with Gasteiger partial charge in [-0.1, -0.05) is 0 Å². The fourth-order valence-electron chi connectivity index (χ4n) is 0.958. The molecule has 1 aliphatic rings. The quantitative estimate of drug-likeness (QED) is 0.639. The number of hydrogen-bond acceptors (Lipinski definition) is 3. The normalized spacial score (nSPS) is 27.7. The van der Waals surface area contributed by atoms with Gasteiger partial charge in [0.15, 0.2) is 0 Å². The third kappa shape index (κ3) is 3.87. The summed E-state index contributed by atoms with van der Waals surface area (Å²) in [4.78, 5) is 11.1. The molecule has 4 nitrogen and oxygen atoms in total. The van der Waals surface area contributed by atoms with Crippen LogP contribution in [0.25, 0.3) is 0 Å². The smallest absolute Gasteiger partial charge is 0.408 e. The van der Waals surface area contributed by atoms with Gasteiger partial charge in [-0.15, -0.1) is 0 Å². The molecule has 0 spiro atoms. The van der Waals surface area contributed by atoms with E-state index in [1.807, 2.05) is 20.8 Å². The standard InChI is InChI=1S/C8H15NO3S/c1-8(2,3)12-7(10)9-6-4-13(11)5-6/h6H,4-5H2,1-3H3,(H,9,10). The predicted molar refractivity (Wildman–Crippen MR) is 51.0 cm³/mol. The van der Waals surface area contributed by atoms with Gasteiger partial charge in [-0.05, 0) is 31.9 Å². The average molecular weight is 205 g/mol. The van der Waals surface area contributed by atoms with Gasteiger partial charge in [0.05, 0.1) is 0 Å². The van der Waals surface area contributed by atoms with Crippen LogP contribution in [-0.4, -0.2) is 33.8 Å². The zero-order chi connectivity index (χ0) is 10.1. The van der Waals surface area contributed by atoms with Crippen LogP contribution in [0.3, 0.4) is 0 Å². The van der Waals surface area contributed by atoms with Gasteiger partial charge in [-0.25, -0.2) is 4.79 Å². The van der Waals surface area contributed by atoms with Crippen LogP contribution < -0.4 is 5.32 Å². The first-order valence-corrected chi connectivity index (χ1v) is 5.70. The molecule has 0 unspecified atom stereocenters. The van der Waals surface area contributed by atoms with Crippen molar-refractivity contribution < 1.29 is 14.1 Å². The molecule has 0 aromatic heterocycles. The highest BCUT2D eigenvalue weighted by atomic mass is 32.2. The fourth-order valence-corrected chi connectivity index (χ4v) is 1.92. The Kier molecular flexibility index (Phi) is 3.08. The molecule has 0 saturated carbocycles. The molecule has 1 aliphatic heterocycles. The van der Waals surface area contributed by atoms with E-state index in [0.717, 1.165) is 0 Å². The number of carbonyl (C=O) groups excluding carboxylic acids is 1. The van der Waals surface area contributed by atoms with Crippen molar-refractivity contribution in [3.05, 3.63) is 0 Å². The minimum absolute atomic E-state index is 0.0377. The number of carbonyl (C=O) groups is 1. The SMILES string of the molecule is CC(C)(C)OC(=O)NC1C[S+]([O-])C1. The summed E-state index contributed by atoms with van der Waals surface area (Å²) in [6, 6.07) is 0.0377. The summed E-state index contributed by atoms with van der Waals surface area (Å²) in [5, 5.41) is 2.65. The van der Waals surface area contributed by atoms with Gasteiger partial charge in [-0.2, -0.15) is 0 Å². The van der Waals surface area contributed by atoms with Crippen molar-refractivity contribution in [2.45, 2.75) is 32.4 Å². The molecule has 0 bridgehead atoms. The monoisotopic (exact) mass is 205 g/mol. The lowest BCUT2D eigenvalue weighted by molar-refractivity contribution is 0.0511. The Hall–Kier alpha value is -0.420.